The number of amides is 1. The molecule has 140 valence electrons. The van der Waals surface area contributed by atoms with Crippen molar-refractivity contribution in [2.45, 2.75) is 6.54 Å². The van der Waals surface area contributed by atoms with Gasteiger partial charge in [0.2, 0.25) is 5.95 Å². The maximum absolute atomic E-state index is 13.9. The van der Waals surface area contributed by atoms with Crippen LogP contribution in [0.15, 0.2) is 48.5 Å². The quantitative estimate of drug-likeness (QED) is 0.714. The second-order valence-electron chi connectivity index (χ2n) is 6.62. The molecule has 1 saturated heterocycles. The number of morpholine rings is 1. The van der Waals surface area contributed by atoms with E-state index in [0.29, 0.717) is 12.5 Å². The molecule has 1 aliphatic rings. The third-order valence-electron chi connectivity index (χ3n) is 4.89. The Labute approximate surface area is 156 Å². The monoisotopic (exact) mass is 369 g/mol. The molecule has 0 spiro atoms. The molecule has 0 radical (unpaired) electrons. The van der Waals surface area contributed by atoms with Crippen molar-refractivity contribution >= 4 is 22.9 Å². The number of hydrogen-bond donors (Lipinski definition) is 2. The smallest absolute Gasteiger partial charge is 0.260 e. The Kier molecular flexibility index (Phi) is 5.13. The number of quaternary nitrogens is 1. The van der Waals surface area contributed by atoms with Crippen LogP contribution in [0, 0.1) is 5.82 Å². The highest BCUT2D eigenvalue weighted by Crippen LogP contribution is 2.20. The van der Waals surface area contributed by atoms with Gasteiger partial charge in [0.05, 0.1) is 42.9 Å². The highest BCUT2D eigenvalue weighted by Gasteiger charge is 2.19. The first-order valence-electron chi connectivity index (χ1n) is 9.15. The van der Waals surface area contributed by atoms with Crippen molar-refractivity contribution in [3.8, 4) is 0 Å². The Balaban J connectivity index is 1.59. The van der Waals surface area contributed by atoms with E-state index in [2.05, 4.69) is 10.3 Å². The molecular weight excluding hydrogens is 347 g/mol. The Morgan fingerprint density at radius 1 is 1.15 bits per heavy atom. The number of nitrogens with zero attached hydrogens (tertiary/aromatic N) is 2. The van der Waals surface area contributed by atoms with Crippen LogP contribution in [0.2, 0.25) is 0 Å². The predicted molar refractivity (Wildman–Crippen MR) is 100 cm³/mol. The summed E-state index contributed by atoms with van der Waals surface area (Å²) in [5.41, 5.74) is 1.77. The second-order valence-corrected chi connectivity index (χ2v) is 6.62. The van der Waals surface area contributed by atoms with Gasteiger partial charge in [-0.1, -0.05) is 24.3 Å². The molecule has 0 aliphatic carbocycles. The zero-order valence-corrected chi connectivity index (χ0v) is 15.0. The maximum Gasteiger partial charge on any atom is 0.260 e. The predicted octanol–water partition coefficient (Wildman–Crippen LogP) is 1.34. The summed E-state index contributed by atoms with van der Waals surface area (Å²) in [6, 6.07) is 13.7. The number of benzene rings is 2. The molecule has 1 aromatic heterocycles. The van der Waals surface area contributed by atoms with Crippen LogP contribution in [0.5, 0.6) is 0 Å². The zero-order valence-electron chi connectivity index (χ0n) is 15.0. The van der Waals surface area contributed by atoms with Crippen LogP contribution in [0.3, 0.4) is 0 Å². The molecule has 1 amide bonds. The number of nitrogens with one attached hydrogen (secondary N) is 2. The van der Waals surface area contributed by atoms with Gasteiger partial charge in [-0.05, 0) is 24.3 Å². The third-order valence-corrected chi connectivity index (χ3v) is 4.89. The lowest BCUT2D eigenvalue weighted by molar-refractivity contribution is -0.908. The molecule has 0 bridgehead atoms. The summed E-state index contributed by atoms with van der Waals surface area (Å²) in [5.74, 6) is -0.601. The van der Waals surface area contributed by atoms with E-state index in [0.717, 1.165) is 43.9 Å². The first-order chi connectivity index (χ1) is 13.2. The van der Waals surface area contributed by atoms with Crippen molar-refractivity contribution in [3.63, 3.8) is 0 Å². The maximum atomic E-state index is 13.9. The molecule has 0 atom stereocenters. The molecule has 0 saturated carbocycles. The second kappa shape index (κ2) is 7.85. The minimum atomic E-state index is -0.546. The van der Waals surface area contributed by atoms with Crippen LogP contribution in [-0.4, -0.2) is 48.3 Å². The van der Waals surface area contributed by atoms with Gasteiger partial charge < -0.3 is 14.2 Å². The number of anilines is 1. The molecule has 6 nitrogen and oxygen atoms in total. The molecule has 2 N–H and O–H groups in total. The SMILES string of the molecule is O=C(Nc1nc2ccccc2n1CC[NH+]1CCOCC1)c1ccccc1F. The Hall–Kier alpha value is -2.77. The van der Waals surface area contributed by atoms with Gasteiger partial charge in [0, 0.05) is 0 Å². The zero-order chi connectivity index (χ0) is 18.6. The van der Waals surface area contributed by atoms with E-state index in [1.807, 2.05) is 28.8 Å². The van der Waals surface area contributed by atoms with E-state index in [4.69, 9.17) is 4.74 Å². The summed E-state index contributed by atoms with van der Waals surface area (Å²) in [6.07, 6.45) is 0. The largest absolute Gasteiger partial charge is 0.370 e. The number of para-hydroxylation sites is 2. The van der Waals surface area contributed by atoms with E-state index >= 15 is 0 Å². The number of carbonyl (C=O) groups excluding carboxylic acids is 1. The molecular formula is C20H22FN4O2+. The minimum absolute atomic E-state index is 0.00918. The number of rotatable bonds is 5. The molecule has 4 rings (SSSR count). The third kappa shape index (κ3) is 3.84. The van der Waals surface area contributed by atoms with Crippen LogP contribution in [0.4, 0.5) is 10.3 Å². The van der Waals surface area contributed by atoms with Crippen molar-refractivity contribution in [1.82, 2.24) is 9.55 Å². The number of hydrogen-bond acceptors (Lipinski definition) is 3. The van der Waals surface area contributed by atoms with E-state index in [1.54, 1.807) is 12.1 Å². The molecule has 27 heavy (non-hydrogen) atoms. The van der Waals surface area contributed by atoms with E-state index in [-0.39, 0.29) is 5.56 Å². The molecule has 1 fully saturated rings. The number of aromatic nitrogens is 2. The van der Waals surface area contributed by atoms with Gasteiger partial charge >= 0.3 is 0 Å². The first-order valence-corrected chi connectivity index (χ1v) is 9.15. The van der Waals surface area contributed by atoms with Gasteiger partial charge in [0.1, 0.15) is 18.9 Å². The molecule has 2 aromatic carbocycles. The summed E-state index contributed by atoms with van der Waals surface area (Å²) in [4.78, 5) is 18.6. The van der Waals surface area contributed by atoms with Gasteiger partial charge in [0.25, 0.3) is 5.91 Å². The first kappa shape index (κ1) is 17.6. The van der Waals surface area contributed by atoms with E-state index in [9.17, 15) is 9.18 Å². The molecule has 2 heterocycles. The van der Waals surface area contributed by atoms with Gasteiger partial charge in [-0.15, -0.1) is 0 Å². The average molecular weight is 369 g/mol. The number of imidazole rings is 1. The standard InChI is InChI=1S/C20H21FN4O2/c21-16-6-2-1-5-15(16)19(26)23-20-22-17-7-3-4-8-18(17)25(20)10-9-24-11-13-27-14-12-24/h1-8H,9-14H2,(H,22,23,26)/p+1. The molecule has 0 unspecified atom stereocenters. The molecule has 1 aliphatic heterocycles. The Morgan fingerprint density at radius 3 is 2.70 bits per heavy atom. The Morgan fingerprint density at radius 2 is 1.89 bits per heavy atom. The topological polar surface area (TPSA) is 60.6 Å². The summed E-state index contributed by atoms with van der Waals surface area (Å²) >= 11 is 0. The lowest BCUT2D eigenvalue weighted by Crippen LogP contribution is -3.14. The normalized spacial score (nSPS) is 15.1. The summed E-state index contributed by atoms with van der Waals surface area (Å²) < 4.78 is 21.3. The highest BCUT2D eigenvalue weighted by molar-refractivity contribution is 6.04. The lowest BCUT2D eigenvalue weighted by atomic mass is 10.2. The van der Waals surface area contributed by atoms with E-state index in [1.165, 1.54) is 17.0 Å². The van der Waals surface area contributed by atoms with Crippen molar-refractivity contribution < 1.29 is 18.8 Å². The summed E-state index contributed by atoms with van der Waals surface area (Å²) in [5, 5.41) is 2.78. The van der Waals surface area contributed by atoms with Crippen LogP contribution in [-0.2, 0) is 11.3 Å². The fourth-order valence-corrected chi connectivity index (χ4v) is 3.39. The average Bonchev–Trinajstić information content (AvgIpc) is 3.04. The van der Waals surface area contributed by atoms with Gasteiger partial charge in [-0.3, -0.25) is 10.1 Å². The molecule has 7 heteroatoms. The van der Waals surface area contributed by atoms with Crippen LogP contribution < -0.4 is 10.2 Å². The minimum Gasteiger partial charge on any atom is -0.370 e. The van der Waals surface area contributed by atoms with Gasteiger partial charge in [-0.25, -0.2) is 9.37 Å². The van der Waals surface area contributed by atoms with Crippen molar-refractivity contribution in [1.29, 1.82) is 0 Å². The van der Waals surface area contributed by atoms with E-state index < -0.39 is 11.7 Å². The van der Waals surface area contributed by atoms with Gasteiger partial charge in [-0.2, -0.15) is 0 Å². The number of ether oxygens (including phenoxy) is 1. The fourth-order valence-electron chi connectivity index (χ4n) is 3.39. The number of carbonyl (C=O) groups is 1. The highest BCUT2D eigenvalue weighted by atomic mass is 19.1. The van der Waals surface area contributed by atoms with Crippen LogP contribution >= 0.6 is 0 Å². The van der Waals surface area contributed by atoms with Gasteiger partial charge in [0.15, 0.2) is 0 Å². The number of fused-ring (bicyclic) bond motifs is 1. The summed E-state index contributed by atoms with van der Waals surface area (Å²) in [7, 11) is 0. The van der Waals surface area contributed by atoms with Crippen molar-refractivity contribution in [3.05, 3.63) is 59.9 Å². The van der Waals surface area contributed by atoms with Crippen LogP contribution in [0.25, 0.3) is 11.0 Å². The lowest BCUT2D eigenvalue weighted by Gasteiger charge is -2.24. The fraction of sp³-hybridized carbons (Fsp3) is 0.300. The Bertz CT molecular complexity index is 950. The van der Waals surface area contributed by atoms with Crippen molar-refractivity contribution in [2.24, 2.45) is 0 Å². The van der Waals surface area contributed by atoms with Crippen molar-refractivity contribution in [2.75, 3.05) is 38.2 Å². The van der Waals surface area contributed by atoms with Crippen LogP contribution in [0.1, 0.15) is 10.4 Å². The molecule has 3 aromatic rings. The number of halogens is 1. The summed E-state index contributed by atoms with van der Waals surface area (Å²) in [6.45, 7) is 5.12.